The van der Waals surface area contributed by atoms with Gasteiger partial charge in [-0.05, 0) is 47.5 Å². The van der Waals surface area contributed by atoms with Crippen molar-refractivity contribution in [2.24, 2.45) is 0 Å². The third kappa shape index (κ3) is 2.02. The first-order valence-corrected chi connectivity index (χ1v) is 6.83. The van der Waals surface area contributed by atoms with E-state index in [1.54, 1.807) is 29.8 Å². The predicted molar refractivity (Wildman–Crippen MR) is 74.8 cm³/mol. The van der Waals surface area contributed by atoms with Crippen molar-refractivity contribution in [1.82, 2.24) is 9.55 Å². The molecule has 0 radical (unpaired) electrons. The summed E-state index contributed by atoms with van der Waals surface area (Å²) in [5.74, 6) is -0.928. The summed E-state index contributed by atoms with van der Waals surface area (Å²) in [6.45, 7) is 2.11. The van der Waals surface area contributed by atoms with Crippen LogP contribution in [0.15, 0.2) is 41.4 Å². The van der Waals surface area contributed by atoms with Crippen LogP contribution in [-0.4, -0.2) is 20.6 Å². The van der Waals surface area contributed by atoms with Gasteiger partial charge in [0.1, 0.15) is 0 Å². The lowest BCUT2D eigenvalue weighted by Gasteiger charge is -2.12. The average molecular weight is 272 g/mol. The van der Waals surface area contributed by atoms with Crippen LogP contribution in [0.4, 0.5) is 0 Å². The van der Waals surface area contributed by atoms with Gasteiger partial charge in [-0.2, -0.15) is 11.3 Å². The van der Waals surface area contributed by atoms with E-state index in [1.807, 2.05) is 11.4 Å². The zero-order valence-corrected chi connectivity index (χ0v) is 11.1. The Morgan fingerprint density at radius 2 is 2.26 bits per heavy atom. The Balaban J connectivity index is 2.08. The van der Waals surface area contributed by atoms with E-state index in [0.29, 0.717) is 5.52 Å². The van der Waals surface area contributed by atoms with E-state index in [0.717, 1.165) is 5.52 Å². The maximum Gasteiger partial charge on any atom is 0.335 e. The third-order valence-electron chi connectivity index (χ3n) is 3.26. The topological polar surface area (TPSA) is 55.1 Å². The molecule has 96 valence electrons. The molecular formula is C14H12N2O2S. The highest BCUT2D eigenvalue weighted by molar-refractivity contribution is 7.07. The molecule has 1 unspecified atom stereocenters. The average Bonchev–Trinajstić information content (AvgIpc) is 3.06. The van der Waals surface area contributed by atoms with Gasteiger partial charge in [-0.3, -0.25) is 0 Å². The standard InChI is InChI=1S/C14H12N2O2S/c1-9(11-4-5-19-7-11)16-8-15-12-6-10(14(17)18)2-3-13(12)16/h2-9H,1H3,(H,17,18). The summed E-state index contributed by atoms with van der Waals surface area (Å²) in [6, 6.07) is 7.31. The minimum atomic E-state index is -0.928. The zero-order valence-electron chi connectivity index (χ0n) is 10.3. The van der Waals surface area contributed by atoms with Crippen LogP contribution in [0.5, 0.6) is 0 Å². The van der Waals surface area contributed by atoms with E-state index in [1.165, 1.54) is 5.56 Å². The van der Waals surface area contributed by atoms with Gasteiger partial charge in [0.05, 0.1) is 29.0 Å². The molecule has 19 heavy (non-hydrogen) atoms. The molecule has 1 aromatic carbocycles. The lowest BCUT2D eigenvalue weighted by atomic mass is 10.1. The van der Waals surface area contributed by atoms with Gasteiger partial charge in [0.25, 0.3) is 0 Å². The van der Waals surface area contributed by atoms with Crippen molar-refractivity contribution < 1.29 is 9.90 Å². The van der Waals surface area contributed by atoms with Gasteiger partial charge in [-0.1, -0.05) is 0 Å². The summed E-state index contributed by atoms with van der Waals surface area (Å²) in [5.41, 5.74) is 3.15. The minimum absolute atomic E-state index is 0.187. The molecule has 3 rings (SSSR count). The summed E-state index contributed by atoms with van der Waals surface area (Å²) < 4.78 is 2.06. The van der Waals surface area contributed by atoms with E-state index >= 15 is 0 Å². The first-order valence-electron chi connectivity index (χ1n) is 5.89. The molecule has 0 aliphatic heterocycles. The van der Waals surface area contributed by atoms with Gasteiger partial charge in [0, 0.05) is 0 Å². The van der Waals surface area contributed by atoms with Crippen molar-refractivity contribution in [3.8, 4) is 0 Å². The molecule has 2 aromatic heterocycles. The Morgan fingerprint density at radius 1 is 1.42 bits per heavy atom. The number of carbonyl (C=O) groups is 1. The van der Waals surface area contributed by atoms with Crippen LogP contribution >= 0.6 is 11.3 Å². The molecule has 0 amide bonds. The van der Waals surface area contributed by atoms with Crippen LogP contribution in [0, 0.1) is 0 Å². The zero-order chi connectivity index (χ0) is 13.4. The minimum Gasteiger partial charge on any atom is -0.478 e. The molecule has 1 atom stereocenters. The second-order valence-corrected chi connectivity index (χ2v) is 5.17. The summed E-state index contributed by atoms with van der Waals surface area (Å²) >= 11 is 1.67. The smallest absolute Gasteiger partial charge is 0.335 e. The van der Waals surface area contributed by atoms with Gasteiger partial charge in [0.15, 0.2) is 0 Å². The molecule has 4 nitrogen and oxygen atoms in total. The first kappa shape index (κ1) is 11.9. The van der Waals surface area contributed by atoms with E-state index < -0.39 is 5.97 Å². The highest BCUT2D eigenvalue weighted by Gasteiger charge is 2.13. The number of fused-ring (bicyclic) bond motifs is 1. The van der Waals surface area contributed by atoms with Crippen molar-refractivity contribution in [2.75, 3.05) is 0 Å². The number of aromatic nitrogens is 2. The van der Waals surface area contributed by atoms with Crippen LogP contribution in [0.1, 0.15) is 28.9 Å². The third-order valence-corrected chi connectivity index (χ3v) is 3.97. The van der Waals surface area contributed by atoms with Crippen LogP contribution in [0.3, 0.4) is 0 Å². The van der Waals surface area contributed by atoms with Gasteiger partial charge in [-0.25, -0.2) is 9.78 Å². The molecule has 0 spiro atoms. The lowest BCUT2D eigenvalue weighted by molar-refractivity contribution is 0.0697. The van der Waals surface area contributed by atoms with Gasteiger partial charge >= 0.3 is 5.97 Å². The predicted octanol–water partition coefficient (Wildman–Crippen LogP) is 3.41. The molecule has 1 N–H and O–H groups in total. The molecule has 0 saturated carbocycles. The lowest BCUT2D eigenvalue weighted by Crippen LogP contribution is -2.04. The molecule has 5 heteroatoms. The fourth-order valence-electron chi connectivity index (χ4n) is 2.15. The normalized spacial score (nSPS) is 12.7. The van der Waals surface area contributed by atoms with E-state index in [4.69, 9.17) is 5.11 Å². The van der Waals surface area contributed by atoms with Crippen molar-refractivity contribution in [3.05, 3.63) is 52.5 Å². The molecular weight excluding hydrogens is 260 g/mol. The molecule has 3 aromatic rings. The Hall–Kier alpha value is -2.14. The van der Waals surface area contributed by atoms with Crippen LogP contribution in [-0.2, 0) is 0 Å². The number of benzene rings is 1. The number of hydrogen-bond donors (Lipinski definition) is 1. The number of nitrogens with zero attached hydrogens (tertiary/aromatic N) is 2. The second kappa shape index (κ2) is 4.51. The van der Waals surface area contributed by atoms with Crippen molar-refractivity contribution in [1.29, 1.82) is 0 Å². The molecule has 0 aliphatic carbocycles. The number of aromatic carboxylic acids is 1. The van der Waals surface area contributed by atoms with Crippen LogP contribution in [0.2, 0.25) is 0 Å². The quantitative estimate of drug-likeness (QED) is 0.795. The van der Waals surface area contributed by atoms with Gasteiger partial charge < -0.3 is 9.67 Å². The second-order valence-electron chi connectivity index (χ2n) is 4.39. The molecule has 0 bridgehead atoms. The molecule has 0 fully saturated rings. The van der Waals surface area contributed by atoms with Crippen molar-refractivity contribution in [2.45, 2.75) is 13.0 Å². The molecule has 0 saturated heterocycles. The summed E-state index contributed by atoms with van der Waals surface area (Å²) in [7, 11) is 0. The van der Waals surface area contributed by atoms with Gasteiger partial charge in [-0.15, -0.1) is 0 Å². The Bertz CT molecular complexity index is 731. The molecule has 0 aliphatic rings. The van der Waals surface area contributed by atoms with Crippen LogP contribution < -0.4 is 0 Å². The first-order chi connectivity index (χ1) is 9.16. The Morgan fingerprint density at radius 3 is 2.95 bits per heavy atom. The SMILES string of the molecule is CC(c1ccsc1)n1cnc2cc(C(=O)O)ccc21. The largest absolute Gasteiger partial charge is 0.478 e. The van der Waals surface area contributed by atoms with Crippen LogP contribution in [0.25, 0.3) is 11.0 Å². The van der Waals surface area contributed by atoms with E-state index in [9.17, 15) is 4.79 Å². The van der Waals surface area contributed by atoms with E-state index in [2.05, 4.69) is 27.9 Å². The number of carboxylic acids is 1. The number of rotatable bonds is 3. The number of thiophene rings is 1. The highest BCUT2D eigenvalue weighted by atomic mass is 32.1. The fourth-order valence-corrected chi connectivity index (χ4v) is 2.89. The molecule has 2 heterocycles. The number of hydrogen-bond acceptors (Lipinski definition) is 3. The number of carboxylic acid groups (broad SMARTS) is 1. The Kier molecular flexibility index (Phi) is 2.83. The number of imidazole rings is 1. The van der Waals surface area contributed by atoms with E-state index in [-0.39, 0.29) is 11.6 Å². The monoisotopic (exact) mass is 272 g/mol. The highest BCUT2D eigenvalue weighted by Crippen LogP contribution is 2.25. The summed E-state index contributed by atoms with van der Waals surface area (Å²) in [5, 5.41) is 13.1. The summed E-state index contributed by atoms with van der Waals surface area (Å²) in [4.78, 5) is 15.2. The fraction of sp³-hybridized carbons (Fsp3) is 0.143. The maximum absolute atomic E-state index is 10.9. The van der Waals surface area contributed by atoms with Gasteiger partial charge in [0.2, 0.25) is 0 Å². The maximum atomic E-state index is 10.9. The van der Waals surface area contributed by atoms with Crippen molar-refractivity contribution in [3.63, 3.8) is 0 Å². The van der Waals surface area contributed by atoms with Crippen molar-refractivity contribution >= 4 is 28.3 Å². The Labute approximate surface area is 113 Å². The summed E-state index contributed by atoms with van der Waals surface area (Å²) in [6.07, 6.45) is 1.76.